The first kappa shape index (κ1) is 22.2. The van der Waals surface area contributed by atoms with Crippen LogP contribution >= 0.6 is 11.8 Å². The number of carbonyl (C=O) groups is 1. The van der Waals surface area contributed by atoms with Crippen LogP contribution in [0.25, 0.3) is 11.3 Å². The van der Waals surface area contributed by atoms with Crippen molar-refractivity contribution in [3.05, 3.63) is 71.5 Å². The summed E-state index contributed by atoms with van der Waals surface area (Å²) in [5, 5.41) is 13.2. The summed E-state index contributed by atoms with van der Waals surface area (Å²) in [6, 6.07) is 13.2. The standard InChI is InChI=1S/C22H19F3N2O4S/c23-22(24,25)16-5-3-15(4-6-16)19-9-18(31-26-19)11-30-17-7-1-14(2-8-17)10-27-13-32-12-20(27)21(28)29/h1-9,20H,10-13H2,(H,28,29). The lowest BCUT2D eigenvalue weighted by atomic mass is 10.1. The van der Waals surface area contributed by atoms with E-state index in [2.05, 4.69) is 5.16 Å². The monoisotopic (exact) mass is 464 g/mol. The highest BCUT2D eigenvalue weighted by Crippen LogP contribution is 2.31. The average molecular weight is 464 g/mol. The normalized spacial score (nSPS) is 16.9. The lowest BCUT2D eigenvalue weighted by Crippen LogP contribution is -2.37. The molecule has 3 aromatic rings. The van der Waals surface area contributed by atoms with Gasteiger partial charge in [-0.05, 0) is 29.8 Å². The Morgan fingerprint density at radius 2 is 1.91 bits per heavy atom. The zero-order valence-corrected chi connectivity index (χ0v) is 17.5. The van der Waals surface area contributed by atoms with Crippen molar-refractivity contribution in [2.45, 2.75) is 25.4 Å². The Morgan fingerprint density at radius 3 is 2.56 bits per heavy atom. The van der Waals surface area contributed by atoms with E-state index in [1.54, 1.807) is 30.0 Å². The van der Waals surface area contributed by atoms with Crippen LogP contribution in [0.15, 0.2) is 59.1 Å². The molecule has 1 aliphatic heterocycles. The highest BCUT2D eigenvalue weighted by atomic mass is 32.2. The van der Waals surface area contributed by atoms with Gasteiger partial charge in [-0.1, -0.05) is 29.4 Å². The van der Waals surface area contributed by atoms with Gasteiger partial charge in [0.2, 0.25) is 0 Å². The van der Waals surface area contributed by atoms with Crippen LogP contribution in [0.5, 0.6) is 5.75 Å². The molecule has 1 saturated heterocycles. The fourth-order valence-corrected chi connectivity index (χ4v) is 4.48. The van der Waals surface area contributed by atoms with E-state index in [-0.39, 0.29) is 6.61 Å². The maximum atomic E-state index is 12.7. The third-order valence-corrected chi connectivity index (χ3v) is 6.08. The molecule has 4 rings (SSSR count). The van der Waals surface area contributed by atoms with E-state index in [9.17, 15) is 23.1 Å². The van der Waals surface area contributed by atoms with E-state index in [1.807, 2.05) is 17.0 Å². The Bertz CT molecular complexity index is 1070. The molecule has 0 radical (unpaired) electrons. The van der Waals surface area contributed by atoms with Gasteiger partial charge in [-0.2, -0.15) is 13.2 Å². The van der Waals surface area contributed by atoms with Gasteiger partial charge in [0, 0.05) is 29.8 Å². The minimum Gasteiger partial charge on any atom is -0.486 e. The van der Waals surface area contributed by atoms with Gasteiger partial charge in [0.05, 0.1) is 5.56 Å². The lowest BCUT2D eigenvalue weighted by Gasteiger charge is -2.20. The molecule has 1 atom stereocenters. The minimum absolute atomic E-state index is 0.108. The fraction of sp³-hybridized carbons (Fsp3) is 0.273. The topological polar surface area (TPSA) is 75.8 Å². The molecule has 6 nitrogen and oxygen atoms in total. The summed E-state index contributed by atoms with van der Waals surface area (Å²) in [6.07, 6.45) is -4.39. The maximum Gasteiger partial charge on any atom is 0.416 e. The molecule has 0 saturated carbocycles. The predicted molar refractivity (Wildman–Crippen MR) is 112 cm³/mol. The van der Waals surface area contributed by atoms with Gasteiger partial charge >= 0.3 is 12.1 Å². The van der Waals surface area contributed by atoms with Crippen molar-refractivity contribution in [2.24, 2.45) is 0 Å². The van der Waals surface area contributed by atoms with Crippen molar-refractivity contribution in [3.63, 3.8) is 0 Å². The Balaban J connectivity index is 1.32. The first-order valence-electron chi connectivity index (χ1n) is 9.69. The third kappa shape index (κ3) is 5.25. The number of halogens is 3. The number of rotatable bonds is 7. The van der Waals surface area contributed by atoms with E-state index in [1.165, 1.54) is 12.1 Å². The van der Waals surface area contributed by atoms with Crippen molar-refractivity contribution in [1.82, 2.24) is 10.1 Å². The second kappa shape index (κ2) is 9.25. The molecule has 0 amide bonds. The molecule has 1 aromatic heterocycles. The number of benzene rings is 2. The number of nitrogens with zero attached hydrogens (tertiary/aromatic N) is 2. The Labute approximate surface area is 186 Å². The zero-order chi connectivity index (χ0) is 22.7. The van der Waals surface area contributed by atoms with Gasteiger partial charge < -0.3 is 14.4 Å². The fourth-order valence-electron chi connectivity index (χ4n) is 3.29. The summed E-state index contributed by atoms with van der Waals surface area (Å²) in [4.78, 5) is 13.2. The Hall–Kier alpha value is -2.98. The van der Waals surface area contributed by atoms with E-state index < -0.39 is 23.8 Å². The molecule has 1 N–H and O–H groups in total. The minimum atomic E-state index is -4.39. The summed E-state index contributed by atoms with van der Waals surface area (Å²) >= 11 is 1.60. The van der Waals surface area contributed by atoms with Gasteiger partial charge in [-0.25, -0.2) is 0 Å². The number of hydrogen-bond donors (Lipinski definition) is 1. The molecule has 168 valence electrons. The van der Waals surface area contributed by atoms with Crippen molar-refractivity contribution in [1.29, 1.82) is 0 Å². The van der Waals surface area contributed by atoms with Crippen LogP contribution in [0.3, 0.4) is 0 Å². The van der Waals surface area contributed by atoms with Crippen LogP contribution in [0.2, 0.25) is 0 Å². The first-order chi connectivity index (χ1) is 15.3. The molecule has 1 unspecified atom stereocenters. The number of aliphatic carboxylic acids is 1. The molecule has 1 fully saturated rings. The van der Waals surface area contributed by atoms with E-state index in [0.717, 1.165) is 17.7 Å². The highest BCUT2D eigenvalue weighted by Gasteiger charge is 2.31. The van der Waals surface area contributed by atoms with Crippen LogP contribution < -0.4 is 4.74 Å². The number of alkyl halides is 3. The number of ether oxygens (including phenoxy) is 1. The molecule has 0 bridgehead atoms. The molecular formula is C22H19F3N2O4S. The number of hydrogen-bond acceptors (Lipinski definition) is 6. The number of thioether (sulfide) groups is 1. The molecule has 1 aliphatic rings. The van der Waals surface area contributed by atoms with Crippen molar-refractivity contribution in [2.75, 3.05) is 11.6 Å². The van der Waals surface area contributed by atoms with Crippen molar-refractivity contribution in [3.8, 4) is 17.0 Å². The SMILES string of the molecule is O=C(O)C1CSCN1Cc1ccc(OCc2cc(-c3ccc(C(F)(F)F)cc3)no2)cc1. The first-order valence-corrected chi connectivity index (χ1v) is 10.8. The number of aromatic nitrogens is 1. The van der Waals surface area contributed by atoms with Gasteiger partial charge in [-0.3, -0.25) is 9.69 Å². The Kier molecular flexibility index (Phi) is 6.43. The van der Waals surface area contributed by atoms with Crippen LogP contribution in [0.4, 0.5) is 13.2 Å². The van der Waals surface area contributed by atoms with Crippen LogP contribution in [-0.4, -0.2) is 38.8 Å². The quantitative estimate of drug-likeness (QED) is 0.533. The number of carboxylic acids is 1. The van der Waals surface area contributed by atoms with Gasteiger partial charge in [0.1, 0.15) is 24.1 Å². The van der Waals surface area contributed by atoms with Crippen molar-refractivity contribution >= 4 is 17.7 Å². The van der Waals surface area contributed by atoms with Gasteiger partial charge in [0.25, 0.3) is 0 Å². The summed E-state index contributed by atoms with van der Waals surface area (Å²) in [5.41, 5.74) is 1.19. The molecule has 0 spiro atoms. The average Bonchev–Trinajstić information content (AvgIpc) is 3.42. The van der Waals surface area contributed by atoms with Crippen LogP contribution in [-0.2, 0) is 24.1 Å². The highest BCUT2D eigenvalue weighted by molar-refractivity contribution is 7.99. The second-order valence-electron chi connectivity index (χ2n) is 7.29. The summed E-state index contributed by atoms with van der Waals surface area (Å²) in [7, 11) is 0. The summed E-state index contributed by atoms with van der Waals surface area (Å²) in [6.45, 7) is 0.652. The molecule has 32 heavy (non-hydrogen) atoms. The molecule has 2 aromatic carbocycles. The van der Waals surface area contributed by atoms with Crippen molar-refractivity contribution < 1.29 is 32.3 Å². The second-order valence-corrected chi connectivity index (χ2v) is 8.29. The maximum absolute atomic E-state index is 12.7. The molecule has 10 heteroatoms. The van der Waals surface area contributed by atoms with Gasteiger partial charge in [-0.15, -0.1) is 11.8 Å². The van der Waals surface area contributed by atoms with E-state index in [4.69, 9.17) is 9.26 Å². The molecular weight excluding hydrogens is 445 g/mol. The Morgan fingerprint density at radius 1 is 1.19 bits per heavy atom. The third-order valence-electron chi connectivity index (χ3n) is 5.02. The largest absolute Gasteiger partial charge is 0.486 e. The van der Waals surface area contributed by atoms with Crippen LogP contribution in [0.1, 0.15) is 16.9 Å². The van der Waals surface area contributed by atoms with Gasteiger partial charge in [0.15, 0.2) is 5.76 Å². The summed E-state index contributed by atoms with van der Waals surface area (Å²) < 4.78 is 49.0. The smallest absolute Gasteiger partial charge is 0.416 e. The zero-order valence-electron chi connectivity index (χ0n) is 16.7. The predicted octanol–water partition coefficient (Wildman–Crippen LogP) is 4.90. The number of carboxylic acid groups (broad SMARTS) is 1. The summed E-state index contributed by atoms with van der Waals surface area (Å²) in [5.74, 6) is 1.50. The lowest BCUT2D eigenvalue weighted by molar-refractivity contribution is -0.142. The van der Waals surface area contributed by atoms with E-state index in [0.29, 0.717) is 40.9 Å². The molecule has 2 heterocycles. The molecule has 0 aliphatic carbocycles. The van der Waals surface area contributed by atoms with E-state index >= 15 is 0 Å². The van der Waals surface area contributed by atoms with Crippen LogP contribution in [0, 0.1) is 0 Å².